The summed E-state index contributed by atoms with van der Waals surface area (Å²) in [6.07, 6.45) is 0. The summed E-state index contributed by atoms with van der Waals surface area (Å²) in [4.78, 5) is 14.7. The predicted molar refractivity (Wildman–Crippen MR) is 48.3 cm³/mol. The lowest BCUT2D eigenvalue weighted by Gasteiger charge is -1.90. The number of carbonyl (C=O) groups is 1. The first-order valence-corrected chi connectivity index (χ1v) is 3.89. The SMILES string of the molecule is CC(=O)Nc1nc2ccccc2o1. The first-order valence-electron chi connectivity index (χ1n) is 3.89. The first-order chi connectivity index (χ1) is 6.25. The minimum Gasteiger partial charge on any atom is -0.423 e. The number of hydrogen-bond acceptors (Lipinski definition) is 3. The van der Waals surface area contributed by atoms with Gasteiger partial charge in [0.15, 0.2) is 5.58 Å². The van der Waals surface area contributed by atoms with Crippen LogP contribution in [-0.2, 0) is 4.79 Å². The van der Waals surface area contributed by atoms with Gasteiger partial charge in [0.05, 0.1) is 0 Å². The normalized spacial score (nSPS) is 10.2. The Morgan fingerprint density at radius 3 is 2.92 bits per heavy atom. The second kappa shape index (κ2) is 2.90. The van der Waals surface area contributed by atoms with Gasteiger partial charge < -0.3 is 4.42 Å². The number of carbonyl (C=O) groups excluding carboxylic acids is 1. The maximum Gasteiger partial charge on any atom is 0.302 e. The molecule has 0 aliphatic rings. The van der Waals surface area contributed by atoms with Crippen molar-refractivity contribution >= 4 is 23.0 Å². The monoisotopic (exact) mass is 176 g/mol. The average Bonchev–Trinajstić information content (AvgIpc) is 2.44. The maximum absolute atomic E-state index is 10.7. The number of nitrogens with zero attached hydrogens (tertiary/aromatic N) is 1. The topological polar surface area (TPSA) is 55.1 Å². The van der Waals surface area contributed by atoms with Crippen LogP contribution in [0.3, 0.4) is 0 Å². The molecule has 0 fully saturated rings. The van der Waals surface area contributed by atoms with Gasteiger partial charge in [0.25, 0.3) is 0 Å². The van der Waals surface area contributed by atoms with Gasteiger partial charge >= 0.3 is 6.01 Å². The lowest BCUT2D eigenvalue weighted by molar-refractivity contribution is -0.114. The molecule has 0 saturated carbocycles. The van der Waals surface area contributed by atoms with E-state index in [9.17, 15) is 4.79 Å². The number of hydrogen-bond donors (Lipinski definition) is 1. The van der Waals surface area contributed by atoms with Gasteiger partial charge in [-0.15, -0.1) is 0 Å². The molecule has 1 heterocycles. The third-order valence-corrected chi connectivity index (χ3v) is 1.58. The van der Waals surface area contributed by atoms with E-state index in [4.69, 9.17) is 4.42 Å². The molecular formula is C9H8N2O2. The minimum atomic E-state index is -0.188. The second-order valence-electron chi connectivity index (χ2n) is 2.67. The fourth-order valence-corrected chi connectivity index (χ4v) is 1.08. The second-order valence-corrected chi connectivity index (χ2v) is 2.67. The van der Waals surface area contributed by atoms with Crippen molar-refractivity contribution in [3.05, 3.63) is 24.3 Å². The number of nitrogens with one attached hydrogen (secondary N) is 1. The third-order valence-electron chi connectivity index (χ3n) is 1.58. The van der Waals surface area contributed by atoms with Crippen LogP contribution in [0.5, 0.6) is 0 Å². The fourth-order valence-electron chi connectivity index (χ4n) is 1.08. The Kier molecular flexibility index (Phi) is 1.73. The standard InChI is InChI=1S/C9H8N2O2/c1-6(12)10-9-11-7-4-2-3-5-8(7)13-9/h2-5H,1H3,(H,10,11,12). The van der Waals surface area contributed by atoms with Gasteiger partial charge in [0.1, 0.15) is 5.52 Å². The smallest absolute Gasteiger partial charge is 0.302 e. The van der Waals surface area contributed by atoms with Gasteiger partial charge in [-0.25, -0.2) is 0 Å². The Bertz CT molecular complexity index is 415. The molecule has 2 aromatic rings. The zero-order chi connectivity index (χ0) is 9.26. The van der Waals surface area contributed by atoms with Crippen LogP contribution >= 0.6 is 0 Å². The Morgan fingerprint density at radius 2 is 2.23 bits per heavy atom. The first kappa shape index (κ1) is 7.79. The molecule has 1 aromatic carbocycles. The Morgan fingerprint density at radius 1 is 1.46 bits per heavy atom. The van der Waals surface area contributed by atoms with Gasteiger partial charge in [-0.1, -0.05) is 12.1 Å². The highest BCUT2D eigenvalue weighted by Crippen LogP contribution is 2.17. The number of rotatable bonds is 1. The van der Waals surface area contributed by atoms with Crippen LogP contribution in [0.1, 0.15) is 6.92 Å². The summed E-state index contributed by atoms with van der Waals surface area (Å²) < 4.78 is 5.24. The van der Waals surface area contributed by atoms with Crippen molar-refractivity contribution in [3.63, 3.8) is 0 Å². The molecule has 0 unspecified atom stereocenters. The summed E-state index contributed by atoms with van der Waals surface area (Å²) in [6.45, 7) is 1.41. The molecule has 1 amide bonds. The lowest BCUT2D eigenvalue weighted by atomic mass is 10.3. The molecule has 1 N–H and O–H groups in total. The summed E-state index contributed by atoms with van der Waals surface area (Å²) in [5.41, 5.74) is 1.41. The van der Waals surface area contributed by atoms with Crippen LogP contribution in [0.25, 0.3) is 11.1 Å². The summed E-state index contributed by atoms with van der Waals surface area (Å²) in [7, 11) is 0. The Balaban J connectivity index is 2.44. The van der Waals surface area contributed by atoms with E-state index >= 15 is 0 Å². The number of amides is 1. The van der Waals surface area contributed by atoms with Crippen molar-refractivity contribution in [3.8, 4) is 0 Å². The number of oxazole rings is 1. The average molecular weight is 176 g/mol. The van der Waals surface area contributed by atoms with Crippen molar-refractivity contribution in [2.75, 3.05) is 5.32 Å². The molecule has 0 spiro atoms. The lowest BCUT2D eigenvalue weighted by Crippen LogP contribution is -2.05. The quantitative estimate of drug-likeness (QED) is 0.720. The molecule has 4 nitrogen and oxygen atoms in total. The molecule has 0 bridgehead atoms. The molecule has 2 rings (SSSR count). The van der Waals surface area contributed by atoms with Crippen molar-refractivity contribution < 1.29 is 9.21 Å². The number of aromatic nitrogens is 1. The van der Waals surface area contributed by atoms with Crippen LogP contribution < -0.4 is 5.32 Å². The van der Waals surface area contributed by atoms with E-state index in [-0.39, 0.29) is 11.9 Å². The van der Waals surface area contributed by atoms with Crippen molar-refractivity contribution in [1.82, 2.24) is 4.98 Å². The predicted octanol–water partition coefficient (Wildman–Crippen LogP) is 1.79. The number of para-hydroxylation sites is 2. The van der Waals surface area contributed by atoms with Crippen LogP contribution in [0.2, 0.25) is 0 Å². The zero-order valence-electron chi connectivity index (χ0n) is 7.07. The molecule has 0 saturated heterocycles. The molecule has 4 heteroatoms. The summed E-state index contributed by atoms with van der Waals surface area (Å²) >= 11 is 0. The molecule has 0 atom stereocenters. The molecular weight excluding hydrogens is 168 g/mol. The zero-order valence-corrected chi connectivity index (χ0v) is 7.07. The van der Waals surface area contributed by atoms with Crippen LogP contribution in [0.4, 0.5) is 6.01 Å². The number of fused-ring (bicyclic) bond motifs is 1. The van der Waals surface area contributed by atoms with Gasteiger partial charge in [0, 0.05) is 6.92 Å². The third kappa shape index (κ3) is 1.51. The molecule has 66 valence electrons. The Hall–Kier alpha value is -1.84. The van der Waals surface area contributed by atoms with Crippen molar-refractivity contribution in [1.29, 1.82) is 0 Å². The van der Waals surface area contributed by atoms with Crippen molar-refractivity contribution in [2.45, 2.75) is 6.92 Å². The maximum atomic E-state index is 10.7. The molecule has 0 radical (unpaired) electrons. The van der Waals surface area contributed by atoms with E-state index in [0.29, 0.717) is 5.58 Å². The Labute approximate surface area is 74.6 Å². The van der Waals surface area contributed by atoms with Crippen LogP contribution in [0.15, 0.2) is 28.7 Å². The number of benzene rings is 1. The molecule has 0 aliphatic heterocycles. The van der Waals surface area contributed by atoms with E-state index < -0.39 is 0 Å². The highest BCUT2D eigenvalue weighted by Gasteiger charge is 2.04. The largest absolute Gasteiger partial charge is 0.423 e. The molecule has 13 heavy (non-hydrogen) atoms. The van der Waals surface area contributed by atoms with Crippen molar-refractivity contribution in [2.24, 2.45) is 0 Å². The van der Waals surface area contributed by atoms with E-state index in [0.717, 1.165) is 5.52 Å². The van der Waals surface area contributed by atoms with E-state index in [2.05, 4.69) is 10.3 Å². The molecule has 0 aliphatic carbocycles. The summed E-state index contributed by atoms with van der Waals surface area (Å²) in [5.74, 6) is -0.188. The van der Waals surface area contributed by atoms with Gasteiger partial charge in [0.2, 0.25) is 5.91 Å². The van der Waals surface area contributed by atoms with Gasteiger partial charge in [-0.05, 0) is 12.1 Å². The van der Waals surface area contributed by atoms with Crippen LogP contribution in [0, 0.1) is 0 Å². The van der Waals surface area contributed by atoms with Gasteiger partial charge in [-0.2, -0.15) is 4.98 Å². The highest BCUT2D eigenvalue weighted by molar-refractivity contribution is 5.87. The summed E-state index contributed by atoms with van der Waals surface area (Å²) in [5, 5.41) is 2.48. The fraction of sp³-hybridized carbons (Fsp3) is 0.111. The van der Waals surface area contributed by atoms with E-state index in [1.54, 1.807) is 6.07 Å². The van der Waals surface area contributed by atoms with Gasteiger partial charge in [-0.3, -0.25) is 10.1 Å². The van der Waals surface area contributed by atoms with Crippen LogP contribution in [-0.4, -0.2) is 10.9 Å². The molecule has 1 aromatic heterocycles. The number of anilines is 1. The summed E-state index contributed by atoms with van der Waals surface area (Å²) in [6, 6.07) is 7.58. The van der Waals surface area contributed by atoms with E-state index in [1.807, 2.05) is 18.2 Å². The van der Waals surface area contributed by atoms with E-state index in [1.165, 1.54) is 6.92 Å². The minimum absolute atomic E-state index is 0.188. The highest BCUT2D eigenvalue weighted by atomic mass is 16.4.